The van der Waals surface area contributed by atoms with Gasteiger partial charge >= 0.3 is 6.09 Å². The maximum Gasteiger partial charge on any atom is 0.409 e. The SMILES string of the molecule is CCOC(=O)N1CCN(Cc2ccn3ncnc3c2)CC1. The number of aromatic nitrogens is 3. The van der Waals surface area contributed by atoms with Crippen LogP contribution in [0.1, 0.15) is 12.5 Å². The minimum Gasteiger partial charge on any atom is -0.450 e. The van der Waals surface area contributed by atoms with E-state index in [1.807, 2.05) is 19.2 Å². The summed E-state index contributed by atoms with van der Waals surface area (Å²) in [7, 11) is 0. The summed E-state index contributed by atoms with van der Waals surface area (Å²) in [5.41, 5.74) is 2.07. The summed E-state index contributed by atoms with van der Waals surface area (Å²) in [6.07, 6.45) is 3.27. The monoisotopic (exact) mass is 289 g/mol. The lowest BCUT2D eigenvalue weighted by Gasteiger charge is -2.34. The van der Waals surface area contributed by atoms with Gasteiger partial charge in [-0.25, -0.2) is 14.3 Å². The Labute approximate surface area is 123 Å². The van der Waals surface area contributed by atoms with Gasteiger partial charge in [-0.15, -0.1) is 0 Å². The third-order valence-corrected chi connectivity index (χ3v) is 3.65. The van der Waals surface area contributed by atoms with Crippen LogP contribution >= 0.6 is 0 Å². The molecule has 0 N–H and O–H groups in total. The second kappa shape index (κ2) is 6.09. The first kappa shape index (κ1) is 13.8. The van der Waals surface area contributed by atoms with Crippen molar-refractivity contribution >= 4 is 11.7 Å². The summed E-state index contributed by atoms with van der Waals surface area (Å²) in [6, 6.07) is 4.10. The van der Waals surface area contributed by atoms with Crippen LogP contribution in [0.5, 0.6) is 0 Å². The quantitative estimate of drug-likeness (QED) is 0.843. The van der Waals surface area contributed by atoms with Crippen molar-refractivity contribution in [3.63, 3.8) is 0 Å². The van der Waals surface area contributed by atoms with Crippen molar-refractivity contribution in [3.05, 3.63) is 30.2 Å². The van der Waals surface area contributed by atoms with Gasteiger partial charge in [0, 0.05) is 38.9 Å². The summed E-state index contributed by atoms with van der Waals surface area (Å²) < 4.78 is 6.78. The lowest BCUT2D eigenvalue weighted by Crippen LogP contribution is -2.48. The predicted octanol–water partition coefficient (Wildman–Crippen LogP) is 1.00. The number of pyridine rings is 1. The van der Waals surface area contributed by atoms with Crippen LogP contribution in [0, 0.1) is 0 Å². The van der Waals surface area contributed by atoms with E-state index < -0.39 is 0 Å². The lowest BCUT2D eigenvalue weighted by atomic mass is 10.2. The Morgan fingerprint density at radius 3 is 2.90 bits per heavy atom. The first-order chi connectivity index (χ1) is 10.3. The molecule has 0 aliphatic carbocycles. The standard InChI is InChI=1S/C14H19N5O2/c1-2-21-14(20)18-7-5-17(6-8-18)10-12-3-4-19-13(9-12)15-11-16-19/h3-4,9,11H,2,5-8,10H2,1H3. The second-order valence-corrected chi connectivity index (χ2v) is 5.06. The van der Waals surface area contributed by atoms with Crippen LogP contribution in [0.25, 0.3) is 5.65 Å². The molecule has 7 nitrogen and oxygen atoms in total. The van der Waals surface area contributed by atoms with E-state index in [9.17, 15) is 4.79 Å². The molecule has 112 valence electrons. The van der Waals surface area contributed by atoms with Gasteiger partial charge in [-0.05, 0) is 24.6 Å². The zero-order valence-electron chi connectivity index (χ0n) is 12.1. The fraction of sp³-hybridized carbons (Fsp3) is 0.500. The van der Waals surface area contributed by atoms with Crippen molar-refractivity contribution in [2.24, 2.45) is 0 Å². The van der Waals surface area contributed by atoms with Crippen LogP contribution in [-0.2, 0) is 11.3 Å². The Kier molecular flexibility index (Phi) is 4.01. The lowest BCUT2D eigenvalue weighted by molar-refractivity contribution is 0.0778. The van der Waals surface area contributed by atoms with E-state index in [0.29, 0.717) is 19.7 Å². The van der Waals surface area contributed by atoms with Gasteiger partial charge in [0.2, 0.25) is 0 Å². The van der Waals surface area contributed by atoms with Gasteiger partial charge in [0.15, 0.2) is 5.65 Å². The van der Waals surface area contributed by atoms with Crippen molar-refractivity contribution in [3.8, 4) is 0 Å². The number of piperazine rings is 1. The molecular formula is C14H19N5O2. The normalized spacial score (nSPS) is 16.3. The number of hydrogen-bond donors (Lipinski definition) is 0. The molecule has 0 aromatic carbocycles. The number of hydrogen-bond acceptors (Lipinski definition) is 5. The summed E-state index contributed by atoms with van der Waals surface area (Å²) in [6.45, 7) is 6.26. The largest absolute Gasteiger partial charge is 0.450 e. The highest BCUT2D eigenvalue weighted by Gasteiger charge is 2.21. The molecule has 21 heavy (non-hydrogen) atoms. The average molecular weight is 289 g/mol. The summed E-state index contributed by atoms with van der Waals surface area (Å²) in [4.78, 5) is 19.9. The highest BCUT2D eigenvalue weighted by Crippen LogP contribution is 2.11. The van der Waals surface area contributed by atoms with Crippen LogP contribution in [0.15, 0.2) is 24.7 Å². The van der Waals surface area contributed by atoms with Gasteiger partial charge in [0.1, 0.15) is 6.33 Å². The number of carbonyl (C=O) groups excluding carboxylic acids is 1. The van der Waals surface area contributed by atoms with E-state index in [1.54, 1.807) is 15.7 Å². The van der Waals surface area contributed by atoms with Gasteiger partial charge in [-0.3, -0.25) is 4.90 Å². The Bertz CT molecular complexity index is 619. The van der Waals surface area contributed by atoms with Crippen LogP contribution in [0.3, 0.4) is 0 Å². The molecule has 0 saturated carbocycles. The molecule has 0 unspecified atom stereocenters. The molecule has 1 aliphatic heterocycles. The number of ether oxygens (including phenoxy) is 1. The molecule has 2 aromatic heterocycles. The molecule has 2 aromatic rings. The topological polar surface area (TPSA) is 63.0 Å². The number of rotatable bonds is 3. The maximum absolute atomic E-state index is 11.6. The Hall–Kier alpha value is -2.15. The number of fused-ring (bicyclic) bond motifs is 1. The van der Waals surface area contributed by atoms with Crippen molar-refractivity contribution in [2.75, 3.05) is 32.8 Å². The molecule has 3 heterocycles. The molecule has 1 amide bonds. The fourth-order valence-electron chi connectivity index (χ4n) is 2.52. The third kappa shape index (κ3) is 3.13. The second-order valence-electron chi connectivity index (χ2n) is 5.06. The van der Waals surface area contributed by atoms with Gasteiger partial charge in [-0.1, -0.05) is 0 Å². The molecule has 7 heteroatoms. The van der Waals surface area contributed by atoms with E-state index in [1.165, 1.54) is 5.56 Å². The number of nitrogens with zero attached hydrogens (tertiary/aromatic N) is 5. The molecule has 1 fully saturated rings. The molecule has 3 rings (SSSR count). The molecule has 1 aliphatic rings. The zero-order chi connectivity index (χ0) is 14.7. The van der Waals surface area contributed by atoms with Gasteiger partial charge in [0.05, 0.1) is 6.61 Å². The Morgan fingerprint density at radius 1 is 1.33 bits per heavy atom. The highest BCUT2D eigenvalue weighted by molar-refractivity contribution is 5.67. The summed E-state index contributed by atoms with van der Waals surface area (Å²) in [5.74, 6) is 0. The van der Waals surface area contributed by atoms with Crippen LogP contribution < -0.4 is 0 Å². The van der Waals surface area contributed by atoms with Crippen LogP contribution in [0.4, 0.5) is 4.79 Å². The van der Waals surface area contributed by atoms with Crippen molar-refractivity contribution in [2.45, 2.75) is 13.5 Å². The first-order valence-corrected chi connectivity index (χ1v) is 7.18. The Morgan fingerprint density at radius 2 is 2.14 bits per heavy atom. The number of carbonyl (C=O) groups is 1. The fourth-order valence-corrected chi connectivity index (χ4v) is 2.52. The van der Waals surface area contributed by atoms with Crippen molar-refractivity contribution < 1.29 is 9.53 Å². The molecule has 0 bridgehead atoms. The van der Waals surface area contributed by atoms with Gasteiger partial charge < -0.3 is 9.64 Å². The molecule has 0 atom stereocenters. The summed E-state index contributed by atoms with van der Waals surface area (Å²) >= 11 is 0. The molecule has 1 saturated heterocycles. The van der Waals surface area contributed by atoms with Crippen molar-refractivity contribution in [1.82, 2.24) is 24.4 Å². The predicted molar refractivity (Wildman–Crippen MR) is 76.9 cm³/mol. The molecule has 0 spiro atoms. The number of amides is 1. The minimum atomic E-state index is -0.206. The average Bonchev–Trinajstić information content (AvgIpc) is 2.96. The zero-order valence-corrected chi connectivity index (χ0v) is 12.1. The Balaban J connectivity index is 1.56. The third-order valence-electron chi connectivity index (χ3n) is 3.65. The van der Waals surface area contributed by atoms with E-state index >= 15 is 0 Å². The minimum absolute atomic E-state index is 0.206. The van der Waals surface area contributed by atoms with Gasteiger partial charge in [-0.2, -0.15) is 5.10 Å². The first-order valence-electron chi connectivity index (χ1n) is 7.18. The van der Waals surface area contributed by atoms with E-state index in [0.717, 1.165) is 25.3 Å². The van der Waals surface area contributed by atoms with E-state index in [2.05, 4.69) is 21.0 Å². The summed E-state index contributed by atoms with van der Waals surface area (Å²) in [5, 5.41) is 4.09. The van der Waals surface area contributed by atoms with Crippen LogP contribution in [0.2, 0.25) is 0 Å². The maximum atomic E-state index is 11.6. The highest BCUT2D eigenvalue weighted by atomic mass is 16.6. The smallest absolute Gasteiger partial charge is 0.409 e. The van der Waals surface area contributed by atoms with E-state index in [-0.39, 0.29) is 6.09 Å². The molecule has 0 radical (unpaired) electrons. The van der Waals surface area contributed by atoms with Crippen LogP contribution in [-0.4, -0.2) is 63.3 Å². The van der Waals surface area contributed by atoms with E-state index in [4.69, 9.17) is 4.74 Å². The van der Waals surface area contributed by atoms with Crippen molar-refractivity contribution in [1.29, 1.82) is 0 Å². The van der Waals surface area contributed by atoms with Gasteiger partial charge in [0.25, 0.3) is 0 Å². The molecular weight excluding hydrogens is 270 g/mol.